The Morgan fingerprint density at radius 1 is 1.27 bits per heavy atom. The van der Waals surface area contributed by atoms with Crippen LogP contribution < -0.4 is 5.32 Å². The SMILES string of the molecule is CCOCCCNC1CC(C)OC(C)C1. The maximum Gasteiger partial charge on any atom is 0.0565 e. The van der Waals surface area contributed by atoms with E-state index in [1.807, 2.05) is 6.92 Å². The molecule has 1 aliphatic heterocycles. The van der Waals surface area contributed by atoms with Crippen molar-refractivity contribution in [3.8, 4) is 0 Å². The summed E-state index contributed by atoms with van der Waals surface area (Å²) in [5, 5.41) is 3.58. The van der Waals surface area contributed by atoms with Crippen LogP contribution in [0.15, 0.2) is 0 Å². The number of nitrogens with one attached hydrogen (secondary N) is 1. The Morgan fingerprint density at radius 3 is 2.53 bits per heavy atom. The second-order valence-corrected chi connectivity index (χ2v) is 4.43. The Kier molecular flexibility index (Phi) is 6.22. The van der Waals surface area contributed by atoms with Crippen LogP contribution in [0.3, 0.4) is 0 Å². The quantitative estimate of drug-likeness (QED) is 0.687. The Morgan fingerprint density at radius 2 is 1.93 bits per heavy atom. The predicted octanol–water partition coefficient (Wildman–Crippen LogP) is 1.96. The van der Waals surface area contributed by atoms with Crippen molar-refractivity contribution in [3.05, 3.63) is 0 Å². The summed E-state index contributed by atoms with van der Waals surface area (Å²) in [7, 11) is 0. The van der Waals surface area contributed by atoms with Gasteiger partial charge in [-0.2, -0.15) is 0 Å². The molecular weight excluding hydrogens is 190 g/mol. The van der Waals surface area contributed by atoms with E-state index in [0.29, 0.717) is 18.2 Å². The standard InChI is InChI=1S/C12H25NO2/c1-4-14-7-5-6-13-12-8-10(2)15-11(3)9-12/h10-13H,4-9H2,1-3H3. The number of hydrogen-bond acceptors (Lipinski definition) is 3. The predicted molar refractivity (Wildman–Crippen MR) is 62.1 cm³/mol. The van der Waals surface area contributed by atoms with Gasteiger partial charge in [-0.25, -0.2) is 0 Å². The van der Waals surface area contributed by atoms with E-state index in [9.17, 15) is 0 Å². The minimum Gasteiger partial charge on any atom is -0.382 e. The molecule has 0 bridgehead atoms. The van der Waals surface area contributed by atoms with Gasteiger partial charge in [0, 0.05) is 19.3 Å². The van der Waals surface area contributed by atoms with Crippen molar-refractivity contribution in [1.82, 2.24) is 5.32 Å². The molecule has 1 N–H and O–H groups in total. The summed E-state index contributed by atoms with van der Waals surface area (Å²) >= 11 is 0. The van der Waals surface area contributed by atoms with Crippen LogP contribution in [0.25, 0.3) is 0 Å². The third-order valence-electron chi connectivity index (χ3n) is 2.80. The second kappa shape index (κ2) is 7.20. The molecule has 3 nitrogen and oxygen atoms in total. The summed E-state index contributed by atoms with van der Waals surface area (Å²) in [6.45, 7) is 9.11. The van der Waals surface area contributed by atoms with Crippen molar-refractivity contribution in [3.63, 3.8) is 0 Å². The van der Waals surface area contributed by atoms with Crippen molar-refractivity contribution in [2.24, 2.45) is 0 Å². The molecule has 2 unspecified atom stereocenters. The molecule has 1 heterocycles. The highest BCUT2D eigenvalue weighted by Gasteiger charge is 2.23. The van der Waals surface area contributed by atoms with Gasteiger partial charge in [0.15, 0.2) is 0 Å². The van der Waals surface area contributed by atoms with Gasteiger partial charge in [-0.05, 0) is 46.6 Å². The van der Waals surface area contributed by atoms with E-state index in [1.165, 1.54) is 0 Å². The molecule has 3 heteroatoms. The van der Waals surface area contributed by atoms with Gasteiger partial charge in [-0.1, -0.05) is 0 Å². The average Bonchev–Trinajstić information content (AvgIpc) is 2.16. The summed E-state index contributed by atoms with van der Waals surface area (Å²) in [4.78, 5) is 0. The Bertz CT molecular complexity index is 154. The van der Waals surface area contributed by atoms with Gasteiger partial charge in [0.1, 0.15) is 0 Å². The summed E-state index contributed by atoms with van der Waals surface area (Å²) in [5.41, 5.74) is 0. The molecule has 2 atom stereocenters. The Hall–Kier alpha value is -0.120. The van der Waals surface area contributed by atoms with Gasteiger partial charge in [0.2, 0.25) is 0 Å². The minimum atomic E-state index is 0.401. The zero-order valence-electron chi connectivity index (χ0n) is 10.3. The van der Waals surface area contributed by atoms with Crippen molar-refractivity contribution >= 4 is 0 Å². The number of rotatable bonds is 6. The summed E-state index contributed by atoms with van der Waals surface area (Å²) < 4.78 is 11.0. The third kappa shape index (κ3) is 5.50. The van der Waals surface area contributed by atoms with Gasteiger partial charge in [-0.15, -0.1) is 0 Å². The first-order chi connectivity index (χ1) is 7.22. The van der Waals surface area contributed by atoms with Gasteiger partial charge in [0.05, 0.1) is 12.2 Å². The fraction of sp³-hybridized carbons (Fsp3) is 1.00. The van der Waals surface area contributed by atoms with Crippen LogP contribution in [-0.4, -0.2) is 38.0 Å². The fourth-order valence-corrected chi connectivity index (χ4v) is 2.20. The molecule has 0 aromatic carbocycles. The molecule has 0 aromatic heterocycles. The zero-order chi connectivity index (χ0) is 11.1. The van der Waals surface area contributed by atoms with Gasteiger partial charge in [-0.3, -0.25) is 0 Å². The third-order valence-corrected chi connectivity index (χ3v) is 2.80. The van der Waals surface area contributed by atoms with Crippen LogP contribution in [-0.2, 0) is 9.47 Å². The highest BCUT2D eigenvalue weighted by atomic mass is 16.5. The smallest absolute Gasteiger partial charge is 0.0565 e. The largest absolute Gasteiger partial charge is 0.382 e. The first-order valence-electron chi connectivity index (χ1n) is 6.19. The molecule has 0 amide bonds. The first kappa shape index (κ1) is 12.9. The molecule has 0 radical (unpaired) electrons. The van der Waals surface area contributed by atoms with Gasteiger partial charge >= 0.3 is 0 Å². The van der Waals surface area contributed by atoms with E-state index in [4.69, 9.17) is 9.47 Å². The number of hydrogen-bond donors (Lipinski definition) is 1. The molecule has 1 saturated heterocycles. The average molecular weight is 215 g/mol. The highest BCUT2D eigenvalue weighted by molar-refractivity contribution is 4.78. The van der Waals surface area contributed by atoms with Crippen LogP contribution in [0, 0.1) is 0 Å². The molecule has 1 aliphatic rings. The maximum absolute atomic E-state index is 5.70. The van der Waals surface area contributed by atoms with Crippen LogP contribution in [0.2, 0.25) is 0 Å². The number of ether oxygens (including phenoxy) is 2. The summed E-state index contributed by atoms with van der Waals surface area (Å²) in [6, 6.07) is 0.630. The second-order valence-electron chi connectivity index (χ2n) is 4.43. The molecule has 15 heavy (non-hydrogen) atoms. The van der Waals surface area contributed by atoms with E-state index in [-0.39, 0.29) is 0 Å². The molecule has 0 aliphatic carbocycles. The first-order valence-corrected chi connectivity index (χ1v) is 6.19. The lowest BCUT2D eigenvalue weighted by molar-refractivity contribution is -0.0421. The van der Waals surface area contributed by atoms with Crippen LogP contribution >= 0.6 is 0 Å². The normalized spacial score (nSPS) is 31.8. The van der Waals surface area contributed by atoms with E-state index >= 15 is 0 Å². The van der Waals surface area contributed by atoms with Gasteiger partial charge < -0.3 is 14.8 Å². The maximum atomic E-state index is 5.70. The monoisotopic (exact) mass is 215 g/mol. The topological polar surface area (TPSA) is 30.5 Å². The lowest BCUT2D eigenvalue weighted by atomic mass is 10.00. The van der Waals surface area contributed by atoms with Crippen molar-refractivity contribution in [2.45, 2.75) is 58.3 Å². The van der Waals surface area contributed by atoms with Crippen LogP contribution in [0.4, 0.5) is 0 Å². The summed E-state index contributed by atoms with van der Waals surface area (Å²) in [6.07, 6.45) is 4.18. The van der Waals surface area contributed by atoms with Crippen LogP contribution in [0.5, 0.6) is 0 Å². The molecule has 1 rings (SSSR count). The lowest BCUT2D eigenvalue weighted by Gasteiger charge is -2.32. The molecule has 0 spiro atoms. The Labute approximate surface area is 93.5 Å². The molecule has 90 valence electrons. The van der Waals surface area contributed by atoms with Crippen molar-refractivity contribution < 1.29 is 9.47 Å². The molecule has 0 saturated carbocycles. The van der Waals surface area contributed by atoms with Crippen molar-refractivity contribution in [2.75, 3.05) is 19.8 Å². The zero-order valence-corrected chi connectivity index (χ0v) is 10.3. The fourth-order valence-electron chi connectivity index (χ4n) is 2.20. The van der Waals surface area contributed by atoms with Crippen molar-refractivity contribution in [1.29, 1.82) is 0 Å². The highest BCUT2D eigenvalue weighted by Crippen LogP contribution is 2.18. The minimum absolute atomic E-state index is 0.401. The van der Waals surface area contributed by atoms with Crippen LogP contribution in [0.1, 0.15) is 40.0 Å². The Balaban J connectivity index is 2.04. The lowest BCUT2D eigenvalue weighted by Crippen LogP contribution is -2.41. The molecule has 0 aromatic rings. The van der Waals surface area contributed by atoms with E-state index < -0.39 is 0 Å². The van der Waals surface area contributed by atoms with E-state index in [2.05, 4.69) is 19.2 Å². The molecular formula is C12H25NO2. The van der Waals surface area contributed by atoms with E-state index in [0.717, 1.165) is 39.0 Å². The van der Waals surface area contributed by atoms with E-state index in [1.54, 1.807) is 0 Å². The molecule has 1 fully saturated rings. The summed E-state index contributed by atoms with van der Waals surface area (Å²) in [5.74, 6) is 0. The van der Waals surface area contributed by atoms with Gasteiger partial charge in [0.25, 0.3) is 0 Å².